The van der Waals surface area contributed by atoms with Gasteiger partial charge in [0.05, 0.1) is 29.7 Å². The van der Waals surface area contributed by atoms with Gasteiger partial charge < -0.3 is 28.8 Å². The number of aromatic nitrogens is 1. The van der Waals surface area contributed by atoms with Crippen LogP contribution in [0.2, 0.25) is 25.7 Å². The van der Waals surface area contributed by atoms with Crippen molar-refractivity contribution in [1.82, 2.24) is 4.57 Å². The van der Waals surface area contributed by atoms with Crippen molar-refractivity contribution in [2.75, 3.05) is 31.7 Å². The molecule has 3 aromatic carbocycles. The fourth-order valence-corrected chi connectivity index (χ4v) is 6.65. The first-order valence-electron chi connectivity index (χ1n) is 15.5. The number of ether oxygens (including phenoxy) is 3. The van der Waals surface area contributed by atoms with Gasteiger partial charge in [0.15, 0.2) is 16.6 Å². The molecule has 0 unspecified atom stereocenters. The third kappa shape index (κ3) is 8.54. The Morgan fingerprint density at radius 3 is 2.25 bits per heavy atom. The van der Waals surface area contributed by atoms with Crippen LogP contribution < -0.4 is 14.4 Å². The second-order valence-corrected chi connectivity index (χ2v) is 20.6. The van der Waals surface area contributed by atoms with Gasteiger partial charge in [-0.3, -0.25) is 4.79 Å². The minimum atomic E-state index is -3.63. The largest absolute Gasteiger partial charge is 0.496 e. The summed E-state index contributed by atoms with van der Waals surface area (Å²) in [7, 11) is -1.52. The lowest BCUT2D eigenvalue weighted by Gasteiger charge is -2.25. The van der Waals surface area contributed by atoms with Crippen LogP contribution in [-0.2, 0) is 28.2 Å². The molecular formula is C36H44N2O8SSi. The quantitative estimate of drug-likeness (QED) is 0.0855. The Kier molecular flexibility index (Phi) is 11.2. The Morgan fingerprint density at radius 1 is 0.958 bits per heavy atom. The molecule has 10 nitrogen and oxygen atoms in total. The molecule has 48 heavy (non-hydrogen) atoms. The lowest BCUT2D eigenvalue weighted by atomic mass is 10.0. The second-order valence-electron chi connectivity index (χ2n) is 13.0. The molecule has 0 atom stereocenters. The number of amides is 1. The molecule has 1 heterocycles. The third-order valence-electron chi connectivity index (χ3n) is 8.33. The summed E-state index contributed by atoms with van der Waals surface area (Å²) in [6.45, 7) is 11.6. The molecule has 4 rings (SSSR count). The smallest absolute Gasteiger partial charge is 0.336 e. The Labute approximate surface area is 283 Å². The van der Waals surface area contributed by atoms with Crippen molar-refractivity contribution in [3.63, 3.8) is 0 Å². The molecule has 0 radical (unpaired) electrons. The molecule has 0 aliphatic heterocycles. The number of rotatable bonds is 14. The Morgan fingerprint density at radius 2 is 1.65 bits per heavy atom. The van der Waals surface area contributed by atoms with Crippen molar-refractivity contribution in [2.24, 2.45) is 7.05 Å². The van der Waals surface area contributed by atoms with Crippen LogP contribution in [0.25, 0.3) is 11.3 Å². The molecule has 0 aliphatic rings. The summed E-state index contributed by atoms with van der Waals surface area (Å²) < 4.78 is 43.4. The average Bonchev–Trinajstić information content (AvgIpc) is 3.32. The van der Waals surface area contributed by atoms with Gasteiger partial charge in [-0.25, -0.2) is 13.2 Å². The zero-order valence-electron chi connectivity index (χ0n) is 28.8. The molecule has 0 aliphatic carbocycles. The van der Waals surface area contributed by atoms with Gasteiger partial charge in [0.2, 0.25) is 0 Å². The highest BCUT2D eigenvalue weighted by Crippen LogP contribution is 2.33. The fourth-order valence-electron chi connectivity index (χ4n) is 5.24. The molecule has 0 spiro atoms. The van der Waals surface area contributed by atoms with E-state index < -0.39 is 23.9 Å². The summed E-state index contributed by atoms with van der Waals surface area (Å²) in [6.07, 6.45) is 1.06. The van der Waals surface area contributed by atoms with Crippen LogP contribution in [0.1, 0.15) is 37.5 Å². The van der Waals surface area contributed by atoms with Crippen LogP contribution in [0.15, 0.2) is 71.6 Å². The van der Waals surface area contributed by atoms with Crippen molar-refractivity contribution < 1.29 is 37.3 Å². The molecule has 1 N–H and O–H groups in total. The maximum absolute atomic E-state index is 14.5. The van der Waals surface area contributed by atoms with E-state index in [0.717, 1.165) is 23.4 Å². The van der Waals surface area contributed by atoms with E-state index in [1.165, 1.54) is 18.2 Å². The number of benzene rings is 3. The maximum Gasteiger partial charge on any atom is 0.336 e. The summed E-state index contributed by atoms with van der Waals surface area (Å²) in [5.74, 6) is -0.239. The van der Waals surface area contributed by atoms with E-state index in [4.69, 9.17) is 14.2 Å². The monoisotopic (exact) mass is 692 g/mol. The number of nitrogens with zero attached hydrogens (tertiary/aromatic N) is 2. The van der Waals surface area contributed by atoms with Gasteiger partial charge in [-0.05, 0) is 85.6 Å². The predicted octanol–water partition coefficient (Wildman–Crippen LogP) is 6.96. The number of carbonyl (C=O) groups is 2. The van der Waals surface area contributed by atoms with Gasteiger partial charge in [-0.15, -0.1) is 0 Å². The van der Waals surface area contributed by atoms with Crippen molar-refractivity contribution >= 4 is 35.5 Å². The molecule has 4 aromatic rings. The summed E-state index contributed by atoms with van der Waals surface area (Å²) in [5, 5.41) is 9.94. The minimum absolute atomic E-state index is 0.0203. The average molecular weight is 693 g/mol. The first-order valence-corrected chi connectivity index (χ1v) is 21.1. The van der Waals surface area contributed by atoms with E-state index in [9.17, 15) is 23.1 Å². The van der Waals surface area contributed by atoms with Gasteiger partial charge in [0.25, 0.3) is 5.91 Å². The number of anilines is 1. The van der Waals surface area contributed by atoms with Crippen molar-refractivity contribution in [2.45, 2.75) is 51.0 Å². The van der Waals surface area contributed by atoms with Gasteiger partial charge in [0, 0.05) is 50.6 Å². The molecule has 256 valence electrons. The molecule has 0 saturated carbocycles. The molecule has 1 amide bonds. The molecular weight excluding hydrogens is 649 g/mol. The number of aromatic carboxylic acids is 1. The molecule has 0 bridgehead atoms. The second kappa shape index (κ2) is 14.8. The molecule has 0 saturated heterocycles. The summed E-state index contributed by atoms with van der Waals surface area (Å²) in [6, 6.07) is 19.4. The third-order valence-corrected chi connectivity index (χ3v) is 11.1. The SMILES string of the molecule is COc1cccc(CN(C(=O)c2cc(-c3cc(S(C)(=O)=O)ccc3C(=O)O)n(C)c2C)c2ccc(OCOCC[Si](C)(C)C)cc2)c1C. The number of carboxylic acid groups (broad SMARTS) is 1. The highest BCUT2D eigenvalue weighted by atomic mass is 32.2. The standard InChI is InChI=1S/C36H44N2O8SSi/c1-24-26(10-9-11-34(24)44-4)22-38(27-12-14-28(15-13-27)46-23-45-18-19-48(6,7)8)35(39)31-21-33(37(3)25(31)2)32-20-29(47(5,42)43)16-17-30(32)36(40)41/h9-17,20-21H,18-19,22-23H2,1-8H3,(H,40,41). The van der Waals surface area contributed by atoms with Gasteiger partial charge in [0.1, 0.15) is 11.5 Å². The van der Waals surface area contributed by atoms with E-state index in [-0.39, 0.29) is 35.3 Å². The number of hydrogen-bond acceptors (Lipinski definition) is 7. The Bertz CT molecular complexity index is 1910. The Hall–Kier alpha value is -4.39. The topological polar surface area (TPSA) is 124 Å². The molecule has 1 aromatic heterocycles. The number of methoxy groups -OCH3 is 1. The normalized spacial score (nSPS) is 11.8. The lowest BCUT2D eigenvalue weighted by Crippen LogP contribution is -2.31. The van der Waals surface area contributed by atoms with Crippen molar-refractivity contribution in [3.05, 3.63) is 94.7 Å². The highest BCUT2D eigenvalue weighted by molar-refractivity contribution is 7.90. The predicted molar refractivity (Wildman–Crippen MR) is 190 cm³/mol. The van der Waals surface area contributed by atoms with E-state index >= 15 is 0 Å². The zero-order chi connectivity index (χ0) is 35.4. The van der Waals surface area contributed by atoms with Crippen molar-refractivity contribution in [1.29, 1.82) is 0 Å². The number of sulfone groups is 1. The fraction of sp³-hybridized carbons (Fsp3) is 0.333. The number of hydrogen-bond donors (Lipinski definition) is 1. The van der Waals surface area contributed by atoms with Crippen LogP contribution >= 0.6 is 0 Å². The van der Waals surface area contributed by atoms with Gasteiger partial charge in [-0.2, -0.15) is 0 Å². The van der Waals surface area contributed by atoms with Crippen LogP contribution in [0.4, 0.5) is 5.69 Å². The van der Waals surface area contributed by atoms with Crippen LogP contribution in [-0.4, -0.2) is 64.8 Å². The van der Waals surface area contributed by atoms with Crippen molar-refractivity contribution in [3.8, 4) is 22.8 Å². The summed E-state index contributed by atoms with van der Waals surface area (Å²) >= 11 is 0. The van der Waals surface area contributed by atoms with Gasteiger partial charge in [-0.1, -0.05) is 31.8 Å². The van der Waals surface area contributed by atoms with Gasteiger partial charge >= 0.3 is 5.97 Å². The Balaban J connectivity index is 1.73. The molecule has 0 fully saturated rings. The number of carbonyl (C=O) groups excluding carboxylic acids is 1. The first-order chi connectivity index (χ1) is 22.5. The highest BCUT2D eigenvalue weighted by Gasteiger charge is 2.27. The minimum Gasteiger partial charge on any atom is -0.496 e. The molecule has 12 heteroatoms. The maximum atomic E-state index is 14.5. The van der Waals surface area contributed by atoms with E-state index in [1.807, 2.05) is 37.3 Å². The summed E-state index contributed by atoms with van der Waals surface area (Å²) in [5.41, 5.74) is 3.82. The first kappa shape index (κ1) is 36.4. The van der Waals surface area contributed by atoms with E-state index in [2.05, 4.69) is 19.6 Å². The van der Waals surface area contributed by atoms with Crippen LogP contribution in [0.5, 0.6) is 11.5 Å². The zero-order valence-corrected chi connectivity index (χ0v) is 30.6. The number of carboxylic acids is 1. The lowest BCUT2D eigenvalue weighted by molar-refractivity contribution is 0.0220. The van der Waals surface area contributed by atoms with Crippen LogP contribution in [0, 0.1) is 13.8 Å². The van der Waals surface area contributed by atoms with E-state index in [1.54, 1.807) is 48.7 Å². The van der Waals surface area contributed by atoms with E-state index in [0.29, 0.717) is 40.7 Å². The summed E-state index contributed by atoms with van der Waals surface area (Å²) in [4.78, 5) is 28.3. The van der Waals surface area contributed by atoms with Crippen LogP contribution in [0.3, 0.4) is 0 Å².